The second-order valence-electron chi connectivity index (χ2n) is 9.78. The van der Waals surface area contributed by atoms with Crippen molar-refractivity contribution in [2.75, 3.05) is 0 Å². The number of ether oxygens (including phenoxy) is 1. The van der Waals surface area contributed by atoms with Crippen molar-refractivity contribution in [2.45, 2.75) is 68.7 Å². The Balaban J connectivity index is 1.60. The monoisotopic (exact) mass is 518 g/mol. The van der Waals surface area contributed by atoms with Gasteiger partial charge in [0.05, 0.1) is 29.4 Å². The Hall–Kier alpha value is -2.66. The van der Waals surface area contributed by atoms with E-state index in [9.17, 15) is 35.5 Å². The number of alkyl halides is 6. The van der Waals surface area contributed by atoms with E-state index in [2.05, 4.69) is 5.32 Å². The molecule has 1 heterocycles. The molecule has 36 heavy (non-hydrogen) atoms. The van der Waals surface area contributed by atoms with Gasteiger partial charge in [0.25, 0.3) is 0 Å². The molecule has 0 radical (unpaired) electrons. The van der Waals surface area contributed by atoms with Gasteiger partial charge in [-0.25, -0.2) is 4.39 Å². The van der Waals surface area contributed by atoms with Crippen LogP contribution in [-0.4, -0.2) is 23.6 Å². The SMILES string of the molecule is C[C@@]1(N)C[C@H](C2CC[C@H](OCc3cc(C(F)(F)F)cc(C(F)(F)F)c3)C2c2ccc(F)cc2)NC1=O. The first-order valence-electron chi connectivity index (χ1n) is 11.4. The van der Waals surface area contributed by atoms with Crippen molar-refractivity contribution < 1.29 is 40.3 Å². The van der Waals surface area contributed by atoms with E-state index in [0.717, 1.165) is 0 Å². The summed E-state index contributed by atoms with van der Waals surface area (Å²) >= 11 is 0. The standard InChI is InChI=1S/C25H25F7N2O2/c1-23(33)11-19(34-22(23)35)18-6-7-20(21(18)14-2-4-17(26)5-3-14)36-12-13-8-15(24(27,28)29)10-16(9-13)25(30,31)32/h2-5,8-10,18-21H,6-7,11-12,33H2,1H3,(H,34,35)/t18?,19-,20+,21?,23-/m1/s1. The second kappa shape index (κ2) is 9.33. The van der Waals surface area contributed by atoms with Gasteiger partial charge in [0.2, 0.25) is 5.91 Å². The number of carbonyl (C=O) groups excluding carboxylic acids is 1. The van der Waals surface area contributed by atoms with Gasteiger partial charge in [-0.3, -0.25) is 4.79 Å². The average molecular weight is 518 g/mol. The van der Waals surface area contributed by atoms with Crippen molar-refractivity contribution in [3.63, 3.8) is 0 Å². The quantitative estimate of drug-likeness (QED) is 0.511. The maximum Gasteiger partial charge on any atom is 0.416 e. The molecule has 2 aromatic rings. The number of amides is 1. The van der Waals surface area contributed by atoms with Crippen LogP contribution in [0, 0.1) is 11.7 Å². The first-order chi connectivity index (χ1) is 16.6. The Morgan fingerprint density at radius 3 is 2.08 bits per heavy atom. The molecule has 0 aromatic heterocycles. The molecule has 2 aliphatic rings. The second-order valence-corrected chi connectivity index (χ2v) is 9.78. The third kappa shape index (κ3) is 5.51. The molecule has 4 rings (SSSR count). The number of nitrogens with one attached hydrogen (secondary N) is 1. The summed E-state index contributed by atoms with van der Waals surface area (Å²) < 4.78 is 98.9. The molecule has 1 aliphatic carbocycles. The highest BCUT2D eigenvalue weighted by Crippen LogP contribution is 2.46. The minimum absolute atomic E-state index is 0.0724. The smallest absolute Gasteiger partial charge is 0.373 e. The average Bonchev–Trinajstić information content (AvgIpc) is 3.31. The third-order valence-electron chi connectivity index (χ3n) is 7.01. The molecule has 0 spiro atoms. The zero-order valence-corrected chi connectivity index (χ0v) is 19.2. The van der Waals surface area contributed by atoms with Gasteiger partial charge in [0.1, 0.15) is 5.82 Å². The van der Waals surface area contributed by atoms with Gasteiger partial charge in [-0.1, -0.05) is 12.1 Å². The van der Waals surface area contributed by atoms with Crippen molar-refractivity contribution >= 4 is 5.91 Å². The number of benzene rings is 2. The highest BCUT2D eigenvalue weighted by molar-refractivity contribution is 5.88. The van der Waals surface area contributed by atoms with E-state index in [4.69, 9.17) is 10.5 Å². The first kappa shape index (κ1) is 26.4. The van der Waals surface area contributed by atoms with Crippen molar-refractivity contribution in [1.29, 1.82) is 0 Å². The van der Waals surface area contributed by atoms with Crippen molar-refractivity contribution in [3.8, 4) is 0 Å². The van der Waals surface area contributed by atoms with E-state index < -0.39 is 47.5 Å². The van der Waals surface area contributed by atoms with Gasteiger partial charge < -0.3 is 15.8 Å². The molecule has 11 heteroatoms. The summed E-state index contributed by atoms with van der Waals surface area (Å²) in [6, 6.07) is 6.73. The van der Waals surface area contributed by atoms with Crippen LogP contribution >= 0.6 is 0 Å². The van der Waals surface area contributed by atoms with Gasteiger partial charge in [-0.2, -0.15) is 26.3 Å². The molecule has 1 aliphatic heterocycles. The lowest BCUT2D eigenvalue weighted by Gasteiger charge is -2.30. The summed E-state index contributed by atoms with van der Waals surface area (Å²) in [7, 11) is 0. The number of hydrogen-bond acceptors (Lipinski definition) is 3. The van der Waals surface area contributed by atoms with Crippen LogP contribution in [-0.2, 0) is 28.5 Å². The van der Waals surface area contributed by atoms with Crippen LogP contribution in [0.3, 0.4) is 0 Å². The van der Waals surface area contributed by atoms with Gasteiger partial charge in [-0.05, 0) is 73.6 Å². The van der Waals surface area contributed by atoms with Crippen LogP contribution in [0.25, 0.3) is 0 Å². The normalized spacial score (nSPS) is 29.0. The fourth-order valence-electron chi connectivity index (χ4n) is 5.28. The lowest BCUT2D eigenvalue weighted by atomic mass is 9.81. The Kier molecular flexibility index (Phi) is 6.85. The van der Waals surface area contributed by atoms with E-state index in [1.165, 1.54) is 12.1 Å². The first-order valence-corrected chi connectivity index (χ1v) is 11.4. The number of carbonyl (C=O) groups is 1. The fraction of sp³-hybridized carbons (Fsp3) is 0.480. The summed E-state index contributed by atoms with van der Waals surface area (Å²) in [4.78, 5) is 12.3. The van der Waals surface area contributed by atoms with E-state index in [1.54, 1.807) is 19.1 Å². The minimum atomic E-state index is -4.96. The zero-order chi connectivity index (χ0) is 26.5. The highest BCUT2D eigenvalue weighted by atomic mass is 19.4. The van der Waals surface area contributed by atoms with Crippen LogP contribution in [0.1, 0.15) is 54.4 Å². The molecule has 2 aromatic carbocycles. The number of hydrogen-bond donors (Lipinski definition) is 2. The van der Waals surface area contributed by atoms with Gasteiger partial charge in [-0.15, -0.1) is 0 Å². The van der Waals surface area contributed by atoms with Gasteiger partial charge in [0.15, 0.2) is 0 Å². The summed E-state index contributed by atoms with van der Waals surface area (Å²) in [5.41, 5.74) is 2.62. The summed E-state index contributed by atoms with van der Waals surface area (Å²) in [6.45, 7) is 1.14. The molecule has 5 atom stereocenters. The predicted molar refractivity (Wildman–Crippen MR) is 116 cm³/mol. The molecular weight excluding hydrogens is 493 g/mol. The molecule has 196 valence electrons. The summed E-state index contributed by atoms with van der Waals surface area (Å²) in [5.74, 6) is -1.31. The van der Waals surface area contributed by atoms with E-state index in [-0.39, 0.29) is 35.4 Å². The summed E-state index contributed by atoms with van der Waals surface area (Å²) in [5, 5.41) is 2.90. The third-order valence-corrected chi connectivity index (χ3v) is 7.01. The molecule has 2 fully saturated rings. The molecular formula is C25H25F7N2O2. The zero-order valence-electron chi connectivity index (χ0n) is 19.2. The van der Waals surface area contributed by atoms with E-state index >= 15 is 0 Å². The Morgan fingerprint density at radius 2 is 1.58 bits per heavy atom. The number of rotatable bonds is 5. The number of halogens is 7. The van der Waals surface area contributed by atoms with Crippen LogP contribution < -0.4 is 11.1 Å². The van der Waals surface area contributed by atoms with Crippen molar-refractivity contribution in [3.05, 3.63) is 70.5 Å². The topological polar surface area (TPSA) is 64.3 Å². The van der Waals surface area contributed by atoms with Crippen molar-refractivity contribution in [1.82, 2.24) is 5.32 Å². The Labute approximate surface area is 203 Å². The van der Waals surface area contributed by atoms with Crippen LogP contribution in [0.15, 0.2) is 42.5 Å². The number of nitrogens with two attached hydrogens (primary N) is 1. The predicted octanol–water partition coefficient (Wildman–Crippen LogP) is 5.55. The van der Waals surface area contributed by atoms with Crippen LogP contribution in [0.2, 0.25) is 0 Å². The van der Waals surface area contributed by atoms with Gasteiger partial charge in [0, 0.05) is 12.0 Å². The lowest BCUT2D eigenvalue weighted by molar-refractivity contribution is -0.143. The van der Waals surface area contributed by atoms with Gasteiger partial charge >= 0.3 is 12.4 Å². The molecule has 1 amide bonds. The Bertz CT molecular complexity index is 1080. The maximum absolute atomic E-state index is 13.6. The summed E-state index contributed by atoms with van der Waals surface area (Å²) in [6.07, 6.45) is -9.12. The molecule has 2 unspecified atom stereocenters. The van der Waals surface area contributed by atoms with Crippen LogP contribution in [0.5, 0.6) is 0 Å². The Morgan fingerprint density at radius 1 is 1.00 bits per heavy atom. The van der Waals surface area contributed by atoms with Crippen molar-refractivity contribution in [2.24, 2.45) is 11.7 Å². The minimum Gasteiger partial charge on any atom is -0.373 e. The molecule has 3 N–H and O–H groups in total. The van der Waals surface area contributed by atoms with E-state index in [0.29, 0.717) is 37.0 Å². The largest absolute Gasteiger partial charge is 0.416 e. The lowest BCUT2D eigenvalue weighted by Crippen LogP contribution is -2.43. The molecule has 1 saturated heterocycles. The van der Waals surface area contributed by atoms with Crippen LogP contribution in [0.4, 0.5) is 30.7 Å². The molecule has 1 saturated carbocycles. The van der Waals surface area contributed by atoms with E-state index in [1.807, 2.05) is 0 Å². The fourth-order valence-corrected chi connectivity index (χ4v) is 5.28. The molecule has 0 bridgehead atoms. The highest BCUT2D eigenvalue weighted by Gasteiger charge is 2.49. The molecule has 4 nitrogen and oxygen atoms in total. The maximum atomic E-state index is 13.6.